The van der Waals surface area contributed by atoms with Gasteiger partial charge in [0, 0.05) is 72.3 Å². The Bertz CT molecular complexity index is 1660. The maximum Gasteiger partial charge on any atom is 0.362 e. The summed E-state index contributed by atoms with van der Waals surface area (Å²) in [6.45, 7) is 15.5. The Morgan fingerprint density at radius 1 is 0.403 bits per heavy atom. The van der Waals surface area contributed by atoms with Gasteiger partial charge in [0.25, 0.3) is 0 Å². The van der Waals surface area contributed by atoms with Gasteiger partial charge in [0.2, 0.25) is 22.8 Å². The van der Waals surface area contributed by atoms with Gasteiger partial charge in [0.05, 0.1) is 26.4 Å². The number of rotatable bonds is 33. The number of anilines is 4. The standard InChI is InChI=1S/C36H56N14O8S4/c1-5-55-33(51)25-29(59-45-41-25)37-15-11-21-49(22-12-16-38-30-26(42-46-60-30)34(52)56-6-2)19-9-10-20-50(23-13-17-39-31-27(43-47-61-31)35(53)57-7-3)24-14-18-40-32-28(44-48-62-32)36(54)58-8-4/h37-40H,5-24H2,1-4H3. The summed E-state index contributed by atoms with van der Waals surface area (Å²) in [7, 11) is 0. The lowest BCUT2D eigenvalue weighted by molar-refractivity contribution is 0.0511. The van der Waals surface area contributed by atoms with Crippen molar-refractivity contribution in [2.75, 3.05) is 113 Å². The SMILES string of the molecule is CCOC(=O)c1nnsc1NCCCN(CCCCN(CCCNc1snnc1C(=O)OCC)CCCNc1snnc1C(=O)OCC)CCCNc1snnc1C(=O)OCC. The van der Waals surface area contributed by atoms with E-state index < -0.39 is 23.9 Å². The van der Waals surface area contributed by atoms with Crippen LogP contribution in [-0.4, -0.2) is 164 Å². The lowest BCUT2D eigenvalue weighted by Gasteiger charge is -2.25. The van der Waals surface area contributed by atoms with Gasteiger partial charge in [-0.25, -0.2) is 19.2 Å². The average molecular weight is 941 g/mol. The van der Waals surface area contributed by atoms with Gasteiger partial charge in [-0.2, -0.15) is 0 Å². The van der Waals surface area contributed by atoms with Gasteiger partial charge in [-0.15, -0.1) is 20.4 Å². The summed E-state index contributed by atoms with van der Waals surface area (Å²) in [6, 6.07) is 0. The van der Waals surface area contributed by atoms with Crippen LogP contribution in [-0.2, 0) is 18.9 Å². The summed E-state index contributed by atoms with van der Waals surface area (Å²) in [4.78, 5) is 54.0. The largest absolute Gasteiger partial charge is 0.461 e. The van der Waals surface area contributed by atoms with Crippen molar-refractivity contribution in [1.29, 1.82) is 0 Å². The van der Waals surface area contributed by atoms with Crippen molar-refractivity contribution < 1.29 is 38.1 Å². The van der Waals surface area contributed by atoms with E-state index in [0.717, 1.165) is 124 Å². The molecule has 4 aromatic rings. The summed E-state index contributed by atoms with van der Waals surface area (Å²) in [5.74, 6) is -1.99. The Labute approximate surface area is 376 Å². The monoisotopic (exact) mass is 940 g/mol. The zero-order chi connectivity index (χ0) is 44.4. The first-order valence-electron chi connectivity index (χ1n) is 20.7. The van der Waals surface area contributed by atoms with Crippen LogP contribution >= 0.6 is 46.1 Å². The van der Waals surface area contributed by atoms with Crippen molar-refractivity contribution in [2.24, 2.45) is 0 Å². The molecule has 4 aromatic heterocycles. The molecule has 26 heteroatoms. The summed E-state index contributed by atoms with van der Waals surface area (Å²) >= 11 is 4.50. The lowest BCUT2D eigenvalue weighted by atomic mass is 10.2. The van der Waals surface area contributed by atoms with Crippen LogP contribution in [0.25, 0.3) is 0 Å². The van der Waals surface area contributed by atoms with Crippen molar-refractivity contribution in [1.82, 2.24) is 48.1 Å². The van der Waals surface area contributed by atoms with E-state index in [2.05, 4.69) is 69.4 Å². The Morgan fingerprint density at radius 3 is 0.855 bits per heavy atom. The molecule has 4 rings (SSSR count). The van der Waals surface area contributed by atoms with E-state index in [0.29, 0.717) is 46.2 Å². The molecule has 0 radical (unpaired) electrons. The highest BCUT2D eigenvalue weighted by Gasteiger charge is 2.21. The van der Waals surface area contributed by atoms with Crippen LogP contribution in [0.3, 0.4) is 0 Å². The van der Waals surface area contributed by atoms with Crippen LogP contribution in [0.15, 0.2) is 0 Å². The molecule has 0 atom stereocenters. The van der Waals surface area contributed by atoms with Crippen LogP contribution in [0.5, 0.6) is 0 Å². The molecule has 0 unspecified atom stereocenters. The summed E-state index contributed by atoms with van der Waals surface area (Å²) in [5, 5.41) is 31.3. The molecule has 4 N–H and O–H groups in total. The minimum Gasteiger partial charge on any atom is -0.461 e. The minimum absolute atomic E-state index is 0.194. The van der Waals surface area contributed by atoms with Crippen LogP contribution in [0.4, 0.5) is 20.0 Å². The van der Waals surface area contributed by atoms with E-state index in [4.69, 9.17) is 18.9 Å². The fourth-order valence-electron chi connectivity index (χ4n) is 5.92. The Hall–Kier alpha value is -4.76. The summed E-state index contributed by atoms with van der Waals surface area (Å²) in [6.07, 6.45) is 5.15. The lowest BCUT2D eigenvalue weighted by Crippen LogP contribution is -2.32. The molecule has 4 heterocycles. The number of nitrogens with one attached hydrogen (secondary N) is 4. The fraction of sp³-hybridized carbons (Fsp3) is 0.667. The Balaban J connectivity index is 1.31. The summed E-state index contributed by atoms with van der Waals surface area (Å²) < 4.78 is 36.1. The van der Waals surface area contributed by atoms with E-state index in [1.807, 2.05) is 0 Å². The highest BCUT2D eigenvalue weighted by Crippen LogP contribution is 2.22. The van der Waals surface area contributed by atoms with Crippen LogP contribution in [0, 0.1) is 0 Å². The average Bonchev–Trinajstić information content (AvgIpc) is 4.11. The molecule has 0 aliphatic heterocycles. The predicted molar refractivity (Wildman–Crippen MR) is 238 cm³/mol. The third kappa shape index (κ3) is 16.8. The third-order valence-corrected chi connectivity index (χ3v) is 11.5. The number of hydrogen-bond donors (Lipinski definition) is 4. The van der Waals surface area contributed by atoms with Crippen LogP contribution < -0.4 is 21.3 Å². The van der Waals surface area contributed by atoms with Gasteiger partial charge in [-0.1, -0.05) is 18.0 Å². The van der Waals surface area contributed by atoms with Crippen molar-refractivity contribution in [2.45, 2.75) is 66.2 Å². The second-order valence-corrected chi connectivity index (χ2v) is 16.2. The smallest absolute Gasteiger partial charge is 0.362 e. The molecule has 0 amide bonds. The van der Waals surface area contributed by atoms with Crippen molar-refractivity contribution >= 4 is 90.0 Å². The molecule has 0 bridgehead atoms. The molecule has 0 aliphatic carbocycles. The quantitative estimate of drug-likeness (QED) is 0.0291. The zero-order valence-electron chi connectivity index (χ0n) is 35.5. The summed E-state index contributed by atoms with van der Waals surface area (Å²) in [5.41, 5.74) is 0.776. The van der Waals surface area contributed by atoms with Gasteiger partial charge < -0.3 is 50.0 Å². The van der Waals surface area contributed by atoms with Gasteiger partial charge in [0.15, 0.2) is 0 Å². The van der Waals surface area contributed by atoms with Gasteiger partial charge in [-0.3, -0.25) is 0 Å². The van der Waals surface area contributed by atoms with E-state index in [1.54, 1.807) is 27.7 Å². The predicted octanol–water partition coefficient (Wildman–Crippen LogP) is 4.49. The number of carbonyl (C=O) groups excluding carboxylic acids is 4. The van der Waals surface area contributed by atoms with Crippen molar-refractivity contribution in [3.8, 4) is 0 Å². The second-order valence-electron chi connectivity index (χ2n) is 13.2. The first-order chi connectivity index (χ1) is 30.3. The number of esters is 4. The molecule has 0 aromatic carbocycles. The first-order valence-corrected chi connectivity index (χ1v) is 23.8. The number of aromatic nitrogens is 8. The highest BCUT2D eigenvalue weighted by molar-refractivity contribution is 7.11. The molecular formula is C36H56N14O8S4. The molecule has 342 valence electrons. The molecule has 0 fully saturated rings. The minimum atomic E-state index is -0.498. The highest BCUT2D eigenvalue weighted by atomic mass is 32.1. The topological polar surface area (TPSA) is 263 Å². The van der Waals surface area contributed by atoms with E-state index in [-0.39, 0.29) is 49.2 Å². The first kappa shape index (κ1) is 49.9. The molecule has 0 aliphatic rings. The number of carbonyl (C=O) groups is 4. The van der Waals surface area contributed by atoms with E-state index >= 15 is 0 Å². The maximum absolute atomic E-state index is 12.3. The number of hydrogen-bond acceptors (Lipinski definition) is 26. The van der Waals surface area contributed by atoms with Gasteiger partial charge in [0.1, 0.15) is 20.0 Å². The Kier molecular flexibility index (Phi) is 23.1. The molecular weight excluding hydrogens is 885 g/mol. The zero-order valence-corrected chi connectivity index (χ0v) is 38.8. The van der Waals surface area contributed by atoms with Crippen molar-refractivity contribution in [3.05, 3.63) is 22.8 Å². The molecule has 22 nitrogen and oxygen atoms in total. The van der Waals surface area contributed by atoms with Gasteiger partial charge in [-0.05, 0) is 105 Å². The van der Waals surface area contributed by atoms with Crippen LogP contribution in [0.1, 0.15) is 108 Å². The molecule has 0 spiro atoms. The Morgan fingerprint density at radius 2 is 0.629 bits per heavy atom. The normalized spacial score (nSPS) is 11.1. The molecule has 62 heavy (non-hydrogen) atoms. The molecule has 0 saturated heterocycles. The second kappa shape index (κ2) is 28.8. The number of ether oxygens (including phenoxy) is 4. The van der Waals surface area contributed by atoms with E-state index in [9.17, 15) is 19.2 Å². The van der Waals surface area contributed by atoms with E-state index in [1.165, 1.54) is 0 Å². The third-order valence-electron chi connectivity index (χ3n) is 8.77. The van der Waals surface area contributed by atoms with Crippen LogP contribution in [0.2, 0.25) is 0 Å². The van der Waals surface area contributed by atoms with Crippen molar-refractivity contribution in [3.63, 3.8) is 0 Å². The molecule has 0 saturated carbocycles. The number of unbranched alkanes of at least 4 members (excludes halogenated alkanes) is 1. The van der Waals surface area contributed by atoms with Gasteiger partial charge >= 0.3 is 23.9 Å². The fourth-order valence-corrected chi connectivity index (χ4v) is 8.24. The number of nitrogens with zero attached hydrogens (tertiary/aromatic N) is 10. The maximum atomic E-state index is 12.3.